The Hall–Kier alpha value is -2.98. The van der Waals surface area contributed by atoms with E-state index in [2.05, 4.69) is 5.32 Å². The Morgan fingerprint density at radius 3 is 2.60 bits per heavy atom. The van der Waals surface area contributed by atoms with Crippen molar-refractivity contribution in [2.75, 3.05) is 11.6 Å². The zero-order chi connectivity index (χ0) is 18.4. The fraction of sp³-hybridized carbons (Fsp3) is 0.167. The van der Waals surface area contributed by atoms with Crippen molar-refractivity contribution < 1.29 is 18.5 Å². The van der Waals surface area contributed by atoms with Crippen molar-refractivity contribution in [1.82, 2.24) is 0 Å². The first-order valence-electron chi connectivity index (χ1n) is 7.37. The molecule has 2 aromatic carbocycles. The molecule has 1 N–H and O–H groups in total. The summed E-state index contributed by atoms with van der Waals surface area (Å²) in [5.74, 6) is -1.25. The molecule has 6 nitrogen and oxygen atoms in total. The molecule has 0 spiro atoms. The van der Waals surface area contributed by atoms with Crippen LogP contribution in [0.1, 0.15) is 22.8 Å². The molecule has 0 bridgehead atoms. The molecule has 0 aliphatic carbocycles. The predicted molar refractivity (Wildman–Crippen MR) is 93.4 cm³/mol. The third kappa shape index (κ3) is 4.75. The molecule has 1 amide bonds. The first kappa shape index (κ1) is 18.4. The zero-order valence-electron chi connectivity index (χ0n) is 13.7. The van der Waals surface area contributed by atoms with Gasteiger partial charge in [-0.1, -0.05) is 18.2 Å². The number of ether oxygens (including phenoxy) is 1. The van der Waals surface area contributed by atoms with Crippen LogP contribution in [0.3, 0.4) is 0 Å². The fourth-order valence-electron chi connectivity index (χ4n) is 2.07. The van der Waals surface area contributed by atoms with Crippen molar-refractivity contribution in [3.63, 3.8) is 0 Å². The molecule has 0 fully saturated rings. The number of carbonyl (C=O) groups excluding carboxylic acids is 2. The minimum absolute atomic E-state index is 0.162. The lowest BCUT2D eigenvalue weighted by Crippen LogP contribution is -2.30. The van der Waals surface area contributed by atoms with Gasteiger partial charge in [-0.05, 0) is 37.3 Å². The van der Waals surface area contributed by atoms with E-state index in [1.54, 1.807) is 36.4 Å². The summed E-state index contributed by atoms with van der Waals surface area (Å²) >= 11 is 0. The predicted octanol–water partition coefficient (Wildman–Crippen LogP) is 2.48. The van der Waals surface area contributed by atoms with E-state index in [1.807, 2.05) is 6.07 Å². The molecular weight excluding hydrogens is 340 g/mol. The van der Waals surface area contributed by atoms with Gasteiger partial charge in [0.15, 0.2) is 6.10 Å². The maximum Gasteiger partial charge on any atom is 0.340 e. The minimum atomic E-state index is -1.35. The molecule has 0 aromatic heterocycles. The van der Waals surface area contributed by atoms with Crippen molar-refractivity contribution in [3.05, 3.63) is 59.7 Å². The molecule has 0 radical (unpaired) electrons. The summed E-state index contributed by atoms with van der Waals surface area (Å²) in [4.78, 5) is 24.8. The average molecular weight is 356 g/mol. The summed E-state index contributed by atoms with van der Waals surface area (Å²) in [6.45, 7) is 1.44. The summed E-state index contributed by atoms with van der Waals surface area (Å²) in [7, 11) is -1.35. The Labute approximate surface area is 147 Å². The van der Waals surface area contributed by atoms with Gasteiger partial charge >= 0.3 is 5.97 Å². The first-order chi connectivity index (χ1) is 11.9. The van der Waals surface area contributed by atoms with E-state index in [0.717, 1.165) is 0 Å². The van der Waals surface area contributed by atoms with Crippen LogP contribution in [0.2, 0.25) is 0 Å². The number of nitrogens with zero attached hydrogens (tertiary/aromatic N) is 1. The van der Waals surface area contributed by atoms with Gasteiger partial charge in [-0.15, -0.1) is 0 Å². The smallest absolute Gasteiger partial charge is 0.340 e. The molecule has 2 rings (SSSR count). The van der Waals surface area contributed by atoms with Gasteiger partial charge in [0.1, 0.15) is 0 Å². The number of benzene rings is 2. The monoisotopic (exact) mass is 356 g/mol. The van der Waals surface area contributed by atoms with Gasteiger partial charge in [0, 0.05) is 11.9 Å². The van der Waals surface area contributed by atoms with Crippen molar-refractivity contribution in [3.8, 4) is 6.07 Å². The second kappa shape index (κ2) is 8.22. The highest BCUT2D eigenvalue weighted by Crippen LogP contribution is 2.15. The molecule has 25 heavy (non-hydrogen) atoms. The quantitative estimate of drug-likeness (QED) is 0.830. The highest BCUT2D eigenvalue weighted by atomic mass is 32.2. The van der Waals surface area contributed by atoms with Crippen molar-refractivity contribution in [2.45, 2.75) is 17.9 Å². The van der Waals surface area contributed by atoms with Gasteiger partial charge in [0.25, 0.3) is 5.91 Å². The molecular formula is C18H16N2O4S. The lowest BCUT2D eigenvalue weighted by molar-refractivity contribution is -0.123. The molecule has 0 saturated carbocycles. The summed E-state index contributed by atoms with van der Waals surface area (Å²) in [6, 6.07) is 14.7. The summed E-state index contributed by atoms with van der Waals surface area (Å²) < 4.78 is 16.9. The molecule has 0 unspecified atom stereocenters. The van der Waals surface area contributed by atoms with Gasteiger partial charge < -0.3 is 10.1 Å². The second-order valence-corrected chi connectivity index (χ2v) is 6.53. The van der Waals surface area contributed by atoms with E-state index < -0.39 is 28.8 Å². The first-order valence-corrected chi connectivity index (χ1v) is 8.92. The van der Waals surface area contributed by atoms with Crippen LogP contribution in [0.25, 0.3) is 0 Å². The lowest BCUT2D eigenvalue weighted by atomic mass is 10.2. The number of esters is 1. The van der Waals surface area contributed by atoms with Gasteiger partial charge in [0.2, 0.25) is 0 Å². The molecule has 7 heteroatoms. The van der Waals surface area contributed by atoms with E-state index in [-0.39, 0.29) is 5.56 Å². The third-order valence-electron chi connectivity index (χ3n) is 3.33. The van der Waals surface area contributed by atoms with Gasteiger partial charge in [-0.3, -0.25) is 9.00 Å². The Kier molecular flexibility index (Phi) is 6.03. The van der Waals surface area contributed by atoms with Crippen LogP contribution in [0, 0.1) is 11.3 Å². The van der Waals surface area contributed by atoms with E-state index in [4.69, 9.17) is 10.00 Å². The van der Waals surface area contributed by atoms with E-state index in [1.165, 1.54) is 25.3 Å². The van der Waals surface area contributed by atoms with Crippen LogP contribution in [0.5, 0.6) is 0 Å². The fourth-order valence-corrected chi connectivity index (χ4v) is 2.81. The number of nitrogens with one attached hydrogen (secondary N) is 1. The summed E-state index contributed by atoms with van der Waals surface area (Å²) in [6.07, 6.45) is 0.404. The van der Waals surface area contributed by atoms with Crippen molar-refractivity contribution >= 4 is 28.4 Å². The molecule has 128 valence electrons. The van der Waals surface area contributed by atoms with E-state index in [9.17, 15) is 13.8 Å². The molecule has 0 aliphatic rings. The lowest BCUT2D eigenvalue weighted by Gasteiger charge is -2.14. The molecule has 2 aromatic rings. The molecule has 2 atom stereocenters. The van der Waals surface area contributed by atoms with Crippen LogP contribution >= 0.6 is 0 Å². The maximum absolute atomic E-state index is 12.3. The number of hydrogen-bond acceptors (Lipinski definition) is 5. The third-order valence-corrected chi connectivity index (χ3v) is 4.30. The van der Waals surface area contributed by atoms with E-state index >= 15 is 0 Å². The topological polar surface area (TPSA) is 96.3 Å². The largest absolute Gasteiger partial charge is 0.449 e. The highest BCUT2D eigenvalue weighted by molar-refractivity contribution is 7.84. The Morgan fingerprint density at radius 2 is 1.92 bits per heavy atom. The zero-order valence-corrected chi connectivity index (χ0v) is 14.5. The minimum Gasteiger partial charge on any atom is -0.449 e. The van der Waals surface area contributed by atoms with E-state index in [0.29, 0.717) is 16.1 Å². The molecule has 0 saturated heterocycles. The van der Waals surface area contributed by atoms with Crippen LogP contribution in [0.15, 0.2) is 53.4 Å². The van der Waals surface area contributed by atoms with Crippen LogP contribution in [-0.4, -0.2) is 28.4 Å². The van der Waals surface area contributed by atoms with Crippen LogP contribution in [0.4, 0.5) is 5.69 Å². The number of carbonyl (C=O) groups is 2. The number of anilines is 1. The Morgan fingerprint density at radius 1 is 1.20 bits per heavy atom. The van der Waals surface area contributed by atoms with Gasteiger partial charge in [-0.2, -0.15) is 5.26 Å². The SMILES string of the molecule is C[C@@H](OC(=O)c1ccccc1[S@](C)=O)C(=O)Nc1cccc(C#N)c1. The van der Waals surface area contributed by atoms with Gasteiger partial charge in [0.05, 0.1) is 32.9 Å². The summed E-state index contributed by atoms with van der Waals surface area (Å²) in [5, 5.41) is 11.4. The van der Waals surface area contributed by atoms with Crippen molar-refractivity contribution in [2.24, 2.45) is 0 Å². The number of hydrogen-bond donors (Lipinski definition) is 1. The standard InChI is InChI=1S/C18H16N2O4S/c1-12(17(21)20-14-7-5-6-13(10-14)11-19)24-18(22)15-8-3-4-9-16(15)25(2)23/h3-10,12H,1-2H3,(H,20,21)/t12-,25+/m1/s1. The normalized spacial score (nSPS) is 12.5. The summed E-state index contributed by atoms with van der Waals surface area (Å²) in [5.41, 5.74) is 0.998. The average Bonchev–Trinajstić information content (AvgIpc) is 2.61. The molecule has 0 aliphatic heterocycles. The Balaban J connectivity index is 2.07. The number of nitriles is 1. The second-order valence-electron chi connectivity index (χ2n) is 5.18. The maximum atomic E-state index is 12.3. The highest BCUT2D eigenvalue weighted by Gasteiger charge is 2.21. The Bertz CT molecular complexity index is 873. The van der Waals surface area contributed by atoms with Crippen LogP contribution in [-0.2, 0) is 20.3 Å². The van der Waals surface area contributed by atoms with Crippen molar-refractivity contribution in [1.29, 1.82) is 5.26 Å². The van der Waals surface area contributed by atoms with Crippen LogP contribution < -0.4 is 5.32 Å². The molecule has 0 heterocycles. The van der Waals surface area contributed by atoms with Gasteiger partial charge in [-0.25, -0.2) is 4.79 Å². The number of rotatable bonds is 5. The number of amides is 1.